The highest BCUT2D eigenvalue weighted by Gasteiger charge is 2.28. The van der Waals surface area contributed by atoms with Crippen LogP contribution in [0.1, 0.15) is 31.6 Å². The lowest BCUT2D eigenvalue weighted by Gasteiger charge is -2.22. The Morgan fingerprint density at radius 1 is 1.50 bits per heavy atom. The summed E-state index contributed by atoms with van der Waals surface area (Å²) in [6.07, 6.45) is 4.41. The molecule has 0 spiro atoms. The molecule has 102 valence electrons. The molecule has 0 saturated heterocycles. The molecular formula is C14H24N2O2. The van der Waals surface area contributed by atoms with Crippen LogP contribution in [0.3, 0.4) is 0 Å². The molecule has 1 unspecified atom stereocenters. The lowest BCUT2D eigenvalue weighted by atomic mass is 10.2. The Balaban J connectivity index is 1.66. The zero-order chi connectivity index (χ0) is 12.8. The van der Waals surface area contributed by atoms with Crippen LogP contribution >= 0.6 is 0 Å². The van der Waals surface area contributed by atoms with Crippen molar-refractivity contribution in [2.75, 3.05) is 33.4 Å². The van der Waals surface area contributed by atoms with E-state index in [-0.39, 0.29) is 6.04 Å². The van der Waals surface area contributed by atoms with E-state index >= 15 is 0 Å². The van der Waals surface area contributed by atoms with Crippen molar-refractivity contribution in [2.24, 2.45) is 0 Å². The van der Waals surface area contributed by atoms with Crippen LogP contribution in [0.15, 0.2) is 22.8 Å². The Morgan fingerprint density at radius 3 is 2.94 bits per heavy atom. The molecule has 4 nitrogen and oxygen atoms in total. The highest BCUT2D eigenvalue weighted by Crippen LogP contribution is 2.26. The van der Waals surface area contributed by atoms with Crippen LogP contribution in [0, 0.1) is 0 Å². The van der Waals surface area contributed by atoms with Crippen LogP contribution in [0.2, 0.25) is 0 Å². The molecule has 1 saturated carbocycles. The molecule has 4 heteroatoms. The number of nitrogens with one attached hydrogen (secondary N) is 1. The molecule has 1 aromatic heterocycles. The third-order valence-corrected chi connectivity index (χ3v) is 3.47. The number of hydrogen-bond acceptors (Lipinski definition) is 4. The highest BCUT2D eigenvalue weighted by molar-refractivity contribution is 5.02. The van der Waals surface area contributed by atoms with Crippen molar-refractivity contribution in [3.63, 3.8) is 0 Å². The second-order valence-electron chi connectivity index (χ2n) is 4.95. The topological polar surface area (TPSA) is 37.6 Å². The third-order valence-electron chi connectivity index (χ3n) is 3.47. The summed E-state index contributed by atoms with van der Waals surface area (Å²) < 4.78 is 10.5. The Labute approximate surface area is 109 Å². The Kier molecular flexibility index (Phi) is 5.23. The minimum absolute atomic E-state index is 0.281. The second kappa shape index (κ2) is 6.92. The highest BCUT2D eigenvalue weighted by atomic mass is 16.5. The first-order valence-corrected chi connectivity index (χ1v) is 6.81. The van der Waals surface area contributed by atoms with Crippen molar-refractivity contribution in [1.29, 1.82) is 0 Å². The molecule has 1 N–H and O–H groups in total. The molecule has 1 aliphatic rings. The maximum absolute atomic E-state index is 5.38. The molecule has 0 amide bonds. The summed E-state index contributed by atoms with van der Waals surface area (Å²) in [6.45, 7) is 6.07. The molecule has 0 aromatic carbocycles. The van der Waals surface area contributed by atoms with Gasteiger partial charge in [-0.3, -0.25) is 4.90 Å². The molecular weight excluding hydrogens is 228 g/mol. The van der Waals surface area contributed by atoms with Gasteiger partial charge in [0, 0.05) is 32.8 Å². The summed E-state index contributed by atoms with van der Waals surface area (Å²) in [5.41, 5.74) is 0. The van der Waals surface area contributed by atoms with Gasteiger partial charge in [-0.1, -0.05) is 0 Å². The van der Waals surface area contributed by atoms with E-state index in [4.69, 9.17) is 9.15 Å². The summed E-state index contributed by atoms with van der Waals surface area (Å²) in [7, 11) is 1.77. The van der Waals surface area contributed by atoms with E-state index in [1.807, 2.05) is 12.1 Å². The zero-order valence-electron chi connectivity index (χ0n) is 11.4. The summed E-state index contributed by atoms with van der Waals surface area (Å²) in [4.78, 5) is 2.52. The maximum Gasteiger partial charge on any atom is 0.120 e. The minimum Gasteiger partial charge on any atom is -0.468 e. The van der Waals surface area contributed by atoms with Crippen LogP contribution in [0.4, 0.5) is 0 Å². The van der Waals surface area contributed by atoms with Crippen LogP contribution in [-0.4, -0.2) is 44.3 Å². The van der Waals surface area contributed by atoms with Gasteiger partial charge in [-0.2, -0.15) is 0 Å². The van der Waals surface area contributed by atoms with Crippen molar-refractivity contribution in [3.05, 3.63) is 24.2 Å². The molecule has 1 aromatic rings. The molecule has 0 radical (unpaired) electrons. The normalized spacial score (nSPS) is 17.3. The van der Waals surface area contributed by atoms with Crippen molar-refractivity contribution in [3.8, 4) is 0 Å². The number of nitrogens with zero attached hydrogens (tertiary/aromatic N) is 1. The number of ether oxygens (including phenoxy) is 1. The third kappa shape index (κ3) is 4.12. The van der Waals surface area contributed by atoms with E-state index in [0.29, 0.717) is 0 Å². The van der Waals surface area contributed by atoms with E-state index < -0.39 is 0 Å². The van der Waals surface area contributed by atoms with Gasteiger partial charge in [-0.05, 0) is 31.9 Å². The van der Waals surface area contributed by atoms with Gasteiger partial charge >= 0.3 is 0 Å². The molecule has 0 bridgehead atoms. The van der Waals surface area contributed by atoms with E-state index in [2.05, 4.69) is 17.1 Å². The Hall–Kier alpha value is -0.840. The van der Waals surface area contributed by atoms with Crippen molar-refractivity contribution in [2.45, 2.75) is 31.8 Å². The van der Waals surface area contributed by atoms with E-state index in [1.165, 1.54) is 12.8 Å². The molecule has 2 rings (SSSR count). The molecule has 0 aliphatic heterocycles. The molecule has 1 aliphatic carbocycles. The predicted molar refractivity (Wildman–Crippen MR) is 71.6 cm³/mol. The summed E-state index contributed by atoms with van der Waals surface area (Å²) in [6, 6.07) is 5.02. The van der Waals surface area contributed by atoms with Gasteiger partial charge in [0.15, 0.2) is 0 Å². The van der Waals surface area contributed by atoms with E-state index in [1.54, 1.807) is 13.4 Å². The smallest absolute Gasteiger partial charge is 0.120 e. The van der Waals surface area contributed by atoms with Gasteiger partial charge in [-0.15, -0.1) is 0 Å². The van der Waals surface area contributed by atoms with Gasteiger partial charge < -0.3 is 14.5 Å². The SMILES string of the molecule is COCCN(CCNC(C)c1ccco1)C1CC1. The van der Waals surface area contributed by atoms with Gasteiger partial charge in [0.25, 0.3) is 0 Å². The van der Waals surface area contributed by atoms with Crippen LogP contribution < -0.4 is 5.32 Å². The van der Waals surface area contributed by atoms with Crippen molar-refractivity contribution >= 4 is 0 Å². The Bertz CT molecular complexity index is 323. The fourth-order valence-corrected chi connectivity index (χ4v) is 2.19. The monoisotopic (exact) mass is 252 g/mol. The fraction of sp³-hybridized carbons (Fsp3) is 0.714. The molecule has 1 atom stereocenters. The summed E-state index contributed by atoms with van der Waals surface area (Å²) in [5, 5.41) is 3.50. The average Bonchev–Trinajstić information content (AvgIpc) is 3.07. The largest absolute Gasteiger partial charge is 0.468 e. The first kappa shape index (κ1) is 13.6. The second-order valence-corrected chi connectivity index (χ2v) is 4.95. The Morgan fingerprint density at radius 2 is 2.33 bits per heavy atom. The first-order chi connectivity index (χ1) is 8.81. The van der Waals surface area contributed by atoms with Crippen LogP contribution in [-0.2, 0) is 4.74 Å². The number of methoxy groups -OCH3 is 1. The predicted octanol–water partition coefficient (Wildman–Crippen LogP) is 2.04. The molecule has 1 fully saturated rings. The quantitative estimate of drug-likeness (QED) is 0.730. The standard InChI is InChI=1S/C14H24N2O2/c1-12(14-4-3-10-18-14)15-7-8-16(9-11-17-2)13-5-6-13/h3-4,10,12-13,15H,5-9,11H2,1-2H3. The number of hydrogen-bond donors (Lipinski definition) is 1. The van der Waals surface area contributed by atoms with Gasteiger partial charge in [0.2, 0.25) is 0 Å². The van der Waals surface area contributed by atoms with Gasteiger partial charge in [0.05, 0.1) is 18.9 Å². The van der Waals surface area contributed by atoms with Crippen molar-refractivity contribution in [1.82, 2.24) is 10.2 Å². The average molecular weight is 252 g/mol. The van der Waals surface area contributed by atoms with E-state index in [0.717, 1.165) is 38.0 Å². The number of rotatable bonds is 9. The molecule has 18 heavy (non-hydrogen) atoms. The zero-order valence-corrected chi connectivity index (χ0v) is 11.4. The van der Waals surface area contributed by atoms with Crippen LogP contribution in [0.25, 0.3) is 0 Å². The number of furan rings is 1. The van der Waals surface area contributed by atoms with Gasteiger partial charge in [0.1, 0.15) is 5.76 Å². The lowest BCUT2D eigenvalue weighted by Crippen LogP contribution is -2.36. The molecule has 1 heterocycles. The first-order valence-electron chi connectivity index (χ1n) is 6.81. The lowest BCUT2D eigenvalue weighted by molar-refractivity contribution is 0.143. The fourth-order valence-electron chi connectivity index (χ4n) is 2.19. The maximum atomic E-state index is 5.38. The summed E-state index contributed by atoms with van der Waals surface area (Å²) in [5.74, 6) is 1.00. The van der Waals surface area contributed by atoms with Crippen LogP contribution in [0.5, 0.6) is 0 Å². The minimum atomic E-state index is 0.281. The summed E-state index contributed by atoms with van der Waals surface area (Å²) >= 11 is 0. The van der Waals surface area contributed by atoms with E-state index in [9.17, 15) is 0 Å². The van der Waals surface area contributed by atoms with Crippen molar-refractivity contribution < 1.29 is 9.15 Å². The van der Waals surface area contributed by atoms with Gasteiger partial charge in [-0.25, -0.2) is 0 Å².